The van der Waals surface area contributed by atoms with E-state index in [1.807, 2.05) is 12.4 Å². The molecule has 1 nitrogen and oxygen atoms in total. The Morgan fingerprint density at radius 1 is 0.684 bits per heavy atom. The van der Waals surface area contributed by atoms with E-state index in [0.29, 0.717) is 0 Å². The maximum atomic E-state index is 4.07. The lowest BCUT2D eigenvalue weighted by molar-refractivity contribution is 1.16. The van der Waals surface area contributed by atoms with Crippen molar-refractivity contribution < 1.29 is 0 Å². The molecule has 3 rings (SSSR count). The third-order valence-electron chi connectivity index (χ3n) is 3.25. The fraction of sp³-hybridized carbons (Fsp3) is 0.0556. The summed E-state index contributed by atoms with van der Waals surface area (Å²) in [6.07, 6.45) is 4.63. The first kappa shape index (κ1) is 11.7. The van der Waals surface area contributed by atoms with Gasteiger partial charge in [-0.25, -0.2) is 0 Å². The van der Waals surface area contributed by atoms with Crippen molar-refractivity contribution in [3.8, 4) is 11.1 Å². The molecule has 0 radical (unpaired) electrons. The maximum Gasteiger partial charge on any atom is 0.0270 e. The van der Waals surface area contributed by atoms with Gasteiger partial charge >= 0.3 is 0 Å². The Morgan fingerprint density at radius 2 is 1.37 bits per heavy atom. The Kier molecular flexibility index (Phi) is 3.37. The first-order valence-corrected chi connectivity index (χ1v) is 6.46. The molecule has 0 unspecified atom stereocenters. The molecule has 0 N–H and O–H groups in total. The van der Waals surface area contributed by atoms with Gasteiger partial charge in [-0.15, -0.1) is 0 Å². The minimum Gasteiger partial charge on any atom is -0.265 e. The molecule has 92 valence electrons. The summed E-state index contributed by atoms with van der Waals surface area (Å²) in [5.74, 6) is 0. The zero-order chi connectivity index (χ0) is 12.9. The van der Waals surface area contributed by atoms with Crippen LogP contribution in [0.1, 0.15) is 11.1 Å². The lowest BCUT2D eigenvalue weighted by Gasteiger charge is -2.09. The standard InChI is InChI=1S/C18H15N/c1-2-6-16(7-3-1)18-9-5-4-8-17(18)14-15-10-12-19-13-11-15/h1-13H,14H2. The first-order valence-electron chi connectivity index (χ1n) is 6.46. The quantitative estimate of drug-likeness (QED) is 0.669. The van der Waals surface area contributed by atoms with Gasteiger partial charge in [0.05, 0.1) is 0 Å². The van der Waals surface area contributed by atoms with Crippen molar-refractivity contribution in [2.24, 2.45) is 0 Å². The van der Waals surface area contributed by atoms with Crippen molar-refractivity contribution in [2.75, 3.05) is 0 Å². The normalized spacial score (nSPS) is 10.3. The highest BCUT2D eigenvalue weighted by molar-refractivity contribution is 5.67. The Morgan fingerprint density at radius 3 is 2.16 bits per heavy atom. The van der Waals surface area contributed by atoms with Crippen molar-refractivity contribution in [2.45, 2.75) is 6.42 Å². The van der Waals surface area contributed by atoms with Gasteiger partial charge in [0.1, 0.15) is 0 Å². The van der Waals surface area contributed by atoms with E-state index in [0.717, 1.165) is 6.42 Å². The third-order valence-corrected chi connectivity index (χ3v) is 3.25. The molecule has 0 aliphatic heterocycles. The number of pyridine rings is 1. The smallest absolute Gasteiger partial charge is 0.0270 e. The van der Waals surface area contributed by atoms with Gasteiger partial charge < -0.3 is 0 Å². The average molecular weight is 245 g/mol. The van der Waals surface area contributed by atoms with Crippen LogP contribution in [0.15, 0.2) is 79.1 Å². The molecule has 0 aliphatic rings. The second kappa shape index (κ2) is 5.49. The number of nitrogens with zero attached hydrogens (tertiary/aromatic N) is 1. The van der Waals surface area contributed by atoms with Crippen LogP contribution in [-0.4, -0.2) is 4.98 Å². The van der Waals surface area contributed by atoms with Crippen molar-refractivity contribution in [1.29, 1.82) is 0 Å². The average Bonchev–Trinajstić information content (AvgIpc) is 2.50. The summed E-state index contributed by atoms with van der Waals surface area (Å²) >= 11 is 0. The summed E-state index contributed by atoms with van der Waals surface area (Å²) in [5, 5.41) is 0. The van der Waals surface area contributed by atoms with E-state index in [1.54, 1.807) is 0 Å². The van der Waals surface area contributed by atoms with Crippen molar-refractivity contribution in [3.05, 3.63) is 90.3 Å². The van der Waals surface area contributed by atoms with E-state index in [-0.39, 0.29) is 0 Å². The van der Waals surface area contributed by atoms with Gasteiger partial charge in [-0.05, 0) is 40.8 Å². The van der Waals surface area contributed by atoms with Crippen LogP contribution in [0.3, 0.4) is 0 Å². The van der Waals surface area contributed by atoms with Crippen LogP contribution in [0.2, 0.25) is 0 Å². The topological polar surface area (TPSA) is 12.9 Å². The molecule has 19 heavy (non-hydrogen) atoms. The monoisotopic (exact) mass is 245 g/mol. The predicted octanol–water partition coefficient (Wildman–Crippen LogP) is 4.34. The van der Waals surface area contributed by atoms with E-state index in [2.05, 4.69) is 71.7 Å². The van der Waals surface area contributed by atoms with Crippen LogP contribution in [0.25, 0.3) is 11.1 Å². The van der Waals surface area contributed by atoms with Crippen molar-refractivity contribution in [3.63, 3.8) is 0 Å². The van der Waals surface area contributed by atoms with Crippen LogP contribution >= 0.6 is 0 Å². The Bertz CT molecular complexity index is 645. The van der Waals surface area contributed by atoms with Crippen molar-refractivity contribution in [1.82, 2.24) is 4.98 Å². The lowest BCUT2D eigenvalue weighted by Crippen LogP contribution is -1.92. The summed E-state index contributed by atoms with van der Waals surface area (Å²) in [5.41, 5.74) is 5.21. The number of benzene rings is 2. The highest BCUT2D eigenvalue weighted by Crippen LogP contribution is 2.25. The highest BCUT2D eigenvalue weighted by atomic mass is 14.6. The van der Waals surface area contributed by atoms with E-state index < -0.39 is 0 Å². The van der Waals surface area contributed by atoms with Gasteiger partial charge in [-0.2, -0.15) is 0 Å². The summed E-state index contributed by atoms with van der Waals surface area (Å²) in [6.45, 7) is 0. The fourth-order valence-corrected chi connectivity index (χ4v) is 2.29. The van der Waals surface area contributed by atoms with Gasteiger partial charge in [-0.3, -0.25) is 4.98 Å². The third kappa shape index (κ3) is 2.71. The second-order valence-electron chi connectivity index (χ2n) is 4.56. The van der Waals surface area contributed by atoms with E-state index >= 15 is 0 Å². The van der Waals surface area contributed by atoms with Gasteiger partial charge in [0.15, 0.2) is 0 Å². The van der Waals surface area contributed by atoms with Crippen LogP contribution in [0.4, 0.5) is 0 Å². The molecule has 1 heteroatoms. The summed E-state index contributed by atoms with van der Waals surface area (Å²) < 4.78 is 0. The predicted molar refractivity (Wildman–Crippen MR) is 78.9 cm³/mol. The fourth-order valence-electron chi connectivity index (χ4n) is 2.29. The molecule has 0 atom stereocenters. The van der Waals surface area contributed by atoms with Crippen LogP contribution < -0.4 is 0 Å². The Labute approximate surface area is 113 Å². The van der Waals surface area contributed by atoms with Crippen LogP contribution in [0, 0.1) is 0 Å². The molecule has 2 aromatic carbocycles. The molecule has 0 fully saturated rings. The number of hydrogen-bond donors (Lipinski definition) is 0. The largest absolute Gasteiger partial charge is 0.265 e. The number of hydrogen-bond acceptors (Lipinski definition) is 1. The SMILES string of the molecule is c1ccc(-c2ccccc2Cc2ccncc2)cc1. The zero-order valence-corrected chi connectivity index (χ0v) is 10.7. The second-order valence-corrected chi connectivity index (χ2v) is 4.56. The first-order chi connectivity index (χ1) is 9.43. The summed E-state index contributed by atoms with van der Waals surface area (Å²) in [4.78, 5) is 4.07. The molecular formula is C18H15N. The summed E-state index contributed by atoms with van der Waals surface area (Å²) in [7, 11) is 0. The molecule has 3 aromatic rings. The van der Waals surface area contributed by atoms with Crippen LogP contribution in [0.5, 0.6) is 0 Å². The van der Waals surface area contributed by atoms with E-state index in [1.165, 1.54) is 22.3 Å². The molecule has 0 bridgehead atoms. The highest BCUT2D eigenvalue weighted by Gasteiger charge is 2.04. The van der Waals surface area contributed by atoms with Crippen LogP contribution in [-0.2, 0) is 6.42 Å². The molecule has 1 heterocycles. The number of aromatic nitrogens is 1. The molecule has 0 amide bonds. The van der Waals surface area contributed by atoms with Gasteiger partial charge in [0.25, 0.3) is 0 Å². The van der Waals surface area contributed by atoms with Crippen molar-refractivity contribution >= 4 is 0 Å². The Hall–Kier alpha value is -2.41. The van der Waals surface area contributed by atoms with Gasteiger partial charge in [0.2, 0.25) is 0 Å². The Balaban J connectivity index is 1.99. The molecule has 0 saturated carbocycles. The zero-order valence-electron chi connectivity index (χ0n) is 10.7. The minimum atomic E-state index is 0.938. The molecular weight excluding hydrogens is 230 g/mol. The molecule has 0 saturated heterocycles. The van der Waals surface area contributed by atoms with Gasteiger partial charge in [0, 0.05) is 12.4 Å². The number of rotatable bonds is 3. The van der Waals surface area contributed by atoms with Gasteiger partial charge in [-0.1, -0.05) is 54.6 Å². The maximum absolute atomic E-state index is 4.07. The van der Waals surface area contributed by atoms with E-state index in [9.17, 15) is 0 Å². The molecule has 1 aromatic heterocycles. The minimum absolute atomic E-state index is 0.938. The molecule has 0 aliphatic carbocycles. The van der Waals surface area contributed by atoms with E-state index in [4.69, 9.17) is 0 Å². The summed E-state index contributed by atoms with van der Waals surface area (Å²) in [6, 6.07) is 23.3. The molecule has 0 spiro atoms. The lowest BCUT2D eigenvalue weighted by atomic mass is 9.95.